The van der Waals surface area contributed by atoms with Crippen LogP contribution >= 0.6 is 0 Å². The second-order valence-electron chi connectivity index (χ2n) is 9.46. The van der Waals surface area contributed by atoms with Crippen molar-refractivity contribution < 1.29 is 28.2 Å². The predicted octanol–water partition coefficient (Wildman–Crippen LogP) is 5.17. The van der Waals surface area contributed by atoms with Gasteiger partial charge in [0.15, 0.2) is 11.5 Å². The summed E-state index contributed by atoms with van der Waals surface area (Å²) < 4.78 is 21.5. The number of hydrogen-bond donors (Lipinski definition) is 1. The molecule has 39 heavy (non-hydrogen) atoms. The number of urea groups is 1. The van der Waals surface area contributed by atoms with Gasteiger partial charge in [0.1, 0.15) is 12.3 Å². The Balaban J connectivity index is 1.72. The third kappa shape index (κ3) is 8.78. The Bertz CT molecular complexity index is 1180. The largest absolute Gasteiger partial charge is 0.493 e. The van der Waals surface area contributed by atoms with Crippen molar-refractivity contribution >= 4 is 17.6 Å². The minimum absolute atomic E-state index is 0.105. The van der Waals surface area contributed by atoms with Crippen LogP contribution in [0, 0.1) is 0 Å². The second-order valence-corrected chi connectivity index (χ2v) is 9.46. The highest BCUT2D eigenvalue weighted by Crippen LogP contribution is 2.28. The molecule has 9 heteroatoms. The molecule has 0 bridgehead atoms. The van der Waals surface area contributed by atoms with Gasteiger partial charge in [-0.3, -0.25) is 4.79 Å². The SMILES string of the molecule is COCCN(CC(=O)N(CCc1ccc(OC)c(OC)c1)Cc1ccco1)C(=O)Nc1ccc(C(C)C)cc1. The summed E-state index contributed by atoms with van der Waals surface area (Å²) in [7, 11) is 4.75. The van der Waals surface area contributed by atoms with E-state index in [0.29, 0.717) is 48.4 Å². The zero-order chi connectivity index (χ0) is 28.2. The second kappa shape index (κ2) is 14.8. The van der Waals surface area contributed by atoms with E-state index in [1.165, 1.54) is 10.5 Å². The molecule has 2 aromatic carbocycles. The molecular weight excluding hydrogens is 498 g/mol. The molecular formula is C30H39N3O6. The van der Waals surface area contributed by atoms with Crippen LogP contribution in [-0.4, -0.2) is 69.3 Å². The van der Waals surface area contributed by atoms with Gasteiger partial charge in [0.05, 0.1) is 33.6 Å². The Kier molecular flexibility index (Phi) is 11.2. The Morgan fingerprint density at radius 2 is 1.67 bits per heavy atom. The molecule has 0 atom stereocenters. The highest BCUT2D eigenvalue weighted by atomic mass is 16.5. The van der Waals surface area contributed by atoms with Crippen molar-refractivity contribution in [3.63, 3.8) is 0 Å². The molecule has 0 saturated heterocycles. The molecule has 210 valence electrons. The number of nitrogens with one attached hydrogen (secondary N) is 1. The van der Waals surface area contributed by atoms with Crippen molar-refractivity contribution in [1.82, 2.24) is 9.80 Å². The van der Waals surface area contributed by atoms with Gasteiger partial charge in [-0.2, -0.15) is 0 Å². The standard InChI is InChI=1S/C30H39N3O6/c1-22(2)24-9-11-25(12-10-24)31-30(35)33(16-18-36-3)21-29(34)32(20-26-7-6-17-39-26)15-14-23-8-13-27(37-4)28(19-23)38-5/h6-13,17,19,22H,14-16,18,20-21H2,1-5H3,(H,31,35). The van der Waals surface area contributed by atoms with E-state index in [1.54, 1.807) is 38.6 Å². The molecule has 0 aliphatic heterocycles. The van der Waals surface area contributed by atoms with Crippen LogP contribution in [-0.2, 0) is 22.5 Å². The molecule has 0 spiro atoms. The molecule has 1 aromatic heterocycles. The summed E-state index contributed by atoms with van der Waals surface area (Å²) in [6.45, 7) is 5.41. The van der Waals surface area contributed by atoms with Crippen LogP contribution in [0.2, 0.25) is 0 Å². The number of amides is 3. The van der Waals surface area contributed by atoms with Crippen molar-refractivity contribution in [3.05, 3.63) is 77.7 Å². The fourth-order valence-electron chi connectivity index (χ4n) is 4.05. The minimum atomic E-state index is -0.365. The number of rotatable bonds is 14. The molecule has 0 aliphatic rings. The van der Waals surface area contributed by atoms with Crippen molar-refractivity contribution in [2.24, 2.45) is 0 Å². The van der Waals surface area contributed by atoms with Gasteiger partial charge in [-0.15, -0.1) is 0 Å². The summed E-state index contributed by atoms with van der Waals surface area (Å²) in [4.78, 5) is 29.9. The maximum absolute atomic E-state index is 13.5. The predicted molar refractivity (Wildman–Crippen MR) is 150 cm³/mol. The van der Waals surface area contributed by atoms with Gasteiger partial charge >= 0.3 is 6.03 Å². The van der Waals surface area contributed by atoms with Crippen molar-refractivity contribution in [2.75, 3.05) is 52.9 Å². The van der Waals surface area contributed by atoms with Gasteiger partial charge in [-0.05, 0) is 59.9 Å². The van der Waals surface area contributed by atoms with Crippen molar-refractivity contribution in [1.29, 1.82) is 0 Å². The van der Waals surface area contributed by atoms with E-state index in [1.807, 2.05) is 48.5 Å². The number of anilines is 1. The first-order chi connectivity index (χ1) is 18.8. The Morgan fingerprint density at radius 1 is 0.923 bits per heavy atom. The normalized spacial score (nSPS) is 10.8. The van der Waals surface area contributed by atoms with E-state index in [4.69, 9.17) is 18.6 Å². The highest BCUT2D eigenvalue weighted by Gasteiger charge is 2.22. The van der Waals surface area contributed by atoms with Gasteiger partial charge < -0.3 is 33.7 Å². The van der Waals surface area contributed by atoms with Crippen LogP contribution in [0.5, 0.6) is 11.5 Å². The lowest BCUT2D eigenvalue weighted by atomic mass is 10.0. The summed E-state index contributed by atoms with van der Waals surface area (Å²) >= 11 is 0. The smallest absolute Gasteiger partial charge is 0.322 e. The number of carbonyl (C=O) groups is 2. The monoisotopic (exact) mass is 537 g/mol. The lowest BCUT2D eigenvalue weighted by molar-refractivity contribution is -0.132. The van der Waals surface area contributed by atoms with Crippen LogP contribution in [0.3, 0.4) is 0 Å². The van der Waals surface area contributed by atoms with Crippen LogP contribution in [0.15, 0.2) is 65.3 Å². The molecule has 0 radical (unpaired) electrons. The highest BCUT2D eigenvalue weighted by molar-refractivity contribution is 5.92. The average molecular weight is 538 g/mol. The molecule has 3 rings (SSSR count). The van der Waals surface area contributed by atoms with E-state index in [-0.39, 0.29) is 31.6 Å². The molecule has 0 aliphatic carbocycles. The van der Waals surface area contributed by atoms with E-state index < -0.39 is 0 Å². The molecule has 3 amide bonds. The summed E-state index contributed by atoms with van der Waals surface area (Å²) in [5.41, 5.74) is 2.84. The maximum atomic E-state index is 13.5. The van der Waals surface area contributed by atoms with Gasteiger partial charge in [0.2, 0.25) is 5.91 Å². The quantitative estimate of drug-likeness (QED) is 0.305. The minimum Gasteiger partial charge on any atom is -0.493 e. The Labute approximate surface area is 230 Å². The number of hydrogen-bond acceptors (Lipinski definition) is 6. The number of methoxy groups -OCH3 is 3. The first kappa shape index (κ1) is 29.6. The van der Waals surface area contributed by atoms with E-state index >= 15 is 0 Å². The number of furan rings is 1. The third-order valence-corrected chi connectivity index (χ3v) is 6.41. The Hall–Kier alpha value is -3.98. The van der Waals surface area contributed by atoms with Crippen LogP contribution < -0.4 is 14.8 Å². The maximum Gasteiger partial charge on any atom is 0.322 e. The third-order valence-electron chi connectivity index (χ3n) is 6.41. The van der Waals surface area contributed by atoms with Gasteiger partial charge in [0, 0.05) is 25.9 Å². The van der Waals surface area contributed by atoms with Crippen LogP contribution in [0.1, 0.15) is 36.7 Å². The molecule has 1 N–H and O–H groups in total. The molecule has 1 heterocycles. The fourth-order valence-corrected chi connectivity index (χ4v) is 4.05. The summed E-state index contributed by atoms with van der Waals surface area (Å²) in [6, 6.07) is 16.7. The summed E-state index contributed by atoms with van der Waals surface area (Å²) in [5, 5.41) is 2.90. The zero-order valence-corrected chi connectivity index (χ0v) is 23.4. The van der Waals surface area contributed by atoms with E-state index in [9.17, 15) is 9.59 Å². The topological polar surface area (TPSA) is 93.5 Å². The van der Waals surface area contributed by atoms with Crippen molar-refractivity contribution in [3.8, 4) is 11.5 Å². The lowest BCUT2D eigenvalue weighted by Gasteiger charge is -2.27. The Morgan fingerprint density at radius 3 is 2.28 bits per heavy atom. The van der Waals surface area contributed by atoms with Crippen LogP contribution in [0.4, 0.5) is 10.5 Å². The summed E-state index contributed by atoms with van der Waals surface area (Å²) in [6.07, 6.45) is 2.16. The van der Waals surface area contributed by atoms with Crippen LogP contribution in [0.25, 0.3) is 0 Å². The summed E-state index contributed by atoms with van der Waals surface area (Å²) in [5.74, 6) is 2.12. The van der Waals surface area contributed by atoms with Crippen molar-refractivity contribution in [2.45, 2.75) is 32.7 Å². The van der Waals surface area contributed by atoms with E-state index in [0.717, 1.165) is 5.56 Å². The van der Waals surface area contributed by atoms with Gasteiger partial charge in [-0.1, -0.05) is 32.0 Å². The average Bonchev–Trinajstić information content (AvgIpc) is 3.46. The number of carbonyl (C=O) groups excluding carboxylic acids is 2. The molecule has 9 nitrogen and oxygen atoms in total. The molecule has 0 saturated carbocycles. The number of ether oxygens (including phenoxy) is 3. The van der Waals surface area contributed by atoms with Gasteiger partial charge in [0.25, 0.3) is 0 Å². The first-order valence-corrected chi connectivity index (χ1v) is 13.0. The van der Waals surface area contributed by atoms with Gasteiger partial charge in [-0.25, -0.2) is 4.79 Å². The first-order valence-electron chi connectivity index (χ1n) is 13.0. The van der Waals surface area contributed by atoms with E-state index in [2.05, 4.69) is 19.2 Å². The molecule has 3 aromatic rings. The number of nitrogens with zero attached hydrogens (tertiary/aromatic N) is 2. The lowest BCUT2D eigenvalue weighted by Crippen LogP contribution is -2.46. The number of benzene rings is 2. The fraction of sp³-hybridized carbons (Fsp3) is 0.400. The molecule has 0 unspecified atom stereocenters. The molecule has 0 fully saturated rings. The zero-order valence-electron chi connectivity index (χ0n) is 23.4.